The summed E-state index contributed by atoms with van der Waals surface area (Å²) >= 11 is 6.65. The lowest BCUT2D eigenvalue weighted by atomic mass is 10.3. The molecule has 0 bridgehead atoms. The number of anilines is 1. The molecule has 2 rings (SSSR count). The molecule has 0 saturated heterocycles. The predicted molar refractivity (Wildman–Crippen MR) is 85.0 cm³/mol. The van der Waals surface area contributed by atoms with Crippen LogP contribution in [-0.4, -0.2) is 23.5 Å². The van der Waals surface area contributed by atoms with Crippen molar-refractivity contribution in [2.45, 2.75) is 0 Å². The van der Waals surface area contributed by atoms with Crippen molar-refractivity contribution in [1.29, 1.82) is 0 Å². The van der Waals surface area contributed by atoms with E-state index in [4.69, 9.17) is 4.74 Å². The summed E-state index contributed by atoms with van der Waals surface area (Å²) in [6.45, 7) is -0.377. The molecule has 5 nitrogen and oxygen atoms in total. The molecule has 1 N–H and O–H groups in total. The standard InChI is InChI=1S/C14H10Br2N2O3/c15-9-4-5-11(10(16)7-9)18-13(19)8-21-14(20)12-3-1-2-6-17-12/h1-7H,8H2,(H,18,19). The number of hydrogen-bond acceptors (Lipinski definition) is 4. The maximum Gasteiger partial charge on any atom is 0.357 e. The quantitative estimate of drug-likeness (QED) is 0.780. The van der Waals surface area contributed by atoms with E-state index in [0.717, 1.165) is 8.95 Å². The van der Waals surface area contributed by atoms with Gasteiger partial charge in [-0.15, -0.1) is 0 Å². The van der Waals surface area contributed by atoms with Gasteiger partial charge < -0.3 is 10.1 Å². The van der Waals surface area contributed by atoms with Crippen LogP contribution in [0.15, 0.2) is 51.5 Å². The second kappa shape index (κ2) is 7.33. The summed E-state index contributed by atoms with van der Waals surface area (Å²) in [6, 6.07) is 10.2. The van der Waals surface area contributed by atoms with Gasteiger partial charge in [-0.3, -0.25) is 4.79 Å². The molecule has 0 saturated carbocycles. The second-order valence-electron chi connectivity index (χ2n) is 3.96. The largest absolute Gasteiger partial charge is 0.451 e. The minimum Gasteiger partial charge on any atom is -0.451 e. The molecule has 1 aromatic carbocycles. The van der Waals surface area contributed by atoms with Crippen molar-refractivity contribution in [2.24, 2.45) is 0 Å². The highest BCUT2D eigenvalue weighted by Crippen LogP contribution is 2.25. The number of nitrogens with one attached hydrogen (secondary N) is 1. The van der Waals surface area contributed by atoms with Gasteiger partial charge in [-0.1, -0.05) is 22.0 Å². The SMILES string of the molecule is O=C(COC(=O)c1ccccn1)Nc1ccc(Br)cc1Br. The van der Waals surface area contributed by atoms with Crippen molar-refractivity contribution in [3.05, 3.63) is 57.2 Å². The van der Waals surface area contributed by atoms with E-state index in [2.05, 4.69) is 42.2 Å². The van der Waals surface area contributed by atoms with Gasteiger partial charge in [0, 0.05) is 15.1 Å². The molecule has 0 spiro atoms. The number of ether oxygens (including phenoxy) is 1. The fourth-order valence-electron chi connectivity index (χ4n) is 1.47. The first kappa shape index (κ1) is 15.7. The van der Waals surface area contributed by atoms with Gasteiger partial charge in [0.1, 0.15) is 5.69 Å². The maximum atomic E-state index is 11.7. The summed E-state index contributed by atoms with van der Waals surface area (Å²) in [5.41, 5.74) is 0.757. The summed E-state index contributed by atoms with van der Waals surface area (Å²) in [5, 5.41) is 2.64. The third-order valence-electron chi connectivity index (χ3n) is 2.41. The highest BCUT2D eigenvalue weighted by molar-refractivity contribution is 9.11. The molecule has 1 amide bonds. The van der Waals surface area contributed by atoms with Gasteiger partial charge in [0.25, 0.3) is 5.91 Å². The Morgan fingerprint density at radius 3 is 2.67 bits per heavy atom. The van der Waals surface area contributed by atoms with Crippen LogP contribution >= 0.6 is 31.9 Å². The number of nitrogens with zero attached hydrogens (tertiary/aromatic N) is 1. The Balaban J connectivity index is 1.89. The van der Waals surface area contributed by atoms with E-state index in [1.165, 1.54) is 12.3 Å². The van der Waals surface area contributed by atoms with Gasteiger partial charge in [-0.25, -0.2) is 9.78 Å². The zero-order chi connectivity index (χ0) is 15.2. The third-order valence-corrected chi connectivity index (χ3v) is 3.56. The first-order valence-corrected chi connectivity index (χ1v) is 7.48. The zero-order valence-corrected chi connectivity index (χ0v) is 13.8. The van der Waals surface area contributed by atoms with E-state index in [1.807, 2.05) is 0 Å². The molecular formula is C14H10Br2N2O3. The molecule has 0 aliphatic rings. The Kier molecular flexibility index (Phi) is 5.46. The number of amides is 1. The Labute approximate surface area is 138 Å². The van der Waals surface area contributed by atoms with Gasteiger partial charge in [0.15, 0.2) is 6.61 Å². The van der Waals surface area contributed by atoms with Crippen LogP contribution in [0.25, 0.3) is 0 Å². The van der Waals surface area contributed by atoms with Crippen molar-refractivity contribution in [1.82, 2.24) is 4.98 Å². The smallest absolute Gasteiger partial charge is 0.357 e. The van der Waals surface area contributed by atoms with Gasteiger partial charge in [-0.2, -0.15) is 0 Å². The summed E-state index contributed by atoms with van der Waals surface area (Å²) in [6.07, 6.45) is 1.48. The summed E-state index contributed by atoms with van der Waals surface area (Å²) < 4.78 is 6.49. The lowest BCUT2D eigenvalue weighted by molar-refractivity contribution is -0.119. The Hall–Kier alpha value is -1.73. The number of rotatable bonds is 4. The molecule has 7 heteroatoms. The average Bonchev–Trinajstić information content (AvgIpc) is 2.48. The first-order valence-electron chi connectivity index (χ1n) is 5.89. The van der Waals surface area contributed by atoms with Gasteiger partial charge in [-0.05, 0) is 46.3 Å². The fourth-order valence-corrected chi connectivity index (χ4v) is 2.61. The highest BCUT2D eigenvalue weighted by atomic mass is 79.9. The number of hydrogen-bond donors (Lipinski definition) is 1. The Bertz CT molecular complexity index is 663. The monoisotopic (exact) mass is 412 g/mol. The van der Waals surface area contributed by atoms with Crippen molar-refractivity contribution < 1.29 is 14.3 Å². The van der Waals surface area contributed by atoms with E-state index in [1.54, 1.807) is 30.3 Å². The lowest BCUT2D eigenvalue weighted by Crippen LogP contribution is -2.21. The number of halogens is 2. The zero-order valence-electron chi connectivity index (χ0n) is 10.7. The van der Waals surface area contributed by atoms with Crippen LogP contribution in [0.4, 0.5) is 5.69 Å². The normalized spacial score (nSPS) is 10.0. The van der Waals surface area contributed by atoms with E-state index in [9.17, 15) is 9.59 Å². The van der Waals surface area contributed by atoms with Crippen molar-refractivity contribution in [3.63, 3.8) is 0 Å². The summed E-state index contributed by atoms with van der Waals surface area (Å²) in [5.74, 6) is -1.07. The van der Waals surface area contributed by atoms with Crippen LogP contribution in [0.5, 0.6) is 0 Å². The van der Waals surface area contributed by atoms with Crippen LogP contribution in [0.3, 0.4) is 0 Å². The van der Waals surface area contributed by atoms with E-state index in [0.29, 0.717) is 5.69 Å². The number of esters is 1. The van der Waals surface area contributed by atoms with E-state index >= 15 is 0 Å². The molecule has 0 radical (unpaired) electrons. The number of aromatic nitrogens is 1. The third kappa shape index (κ3) is 4.64. The number of pyridine rings is 1. The molecule has 0 atom stereocenters. The van der Waals surface area contributed by atoms with Crippen LogP contribution in [0, 0.1) is 0 Å². The van der Waals surface area contributed by atoms with Gasteiger partial charge >= 0.3 is 5.97 Å². The van der Waals surface area contributed by atoms with Crippen molar-refractivity contribution in [2.75, 3.05) is 11.9 Å². The molecule has 2 aromatic rings. The number of carbonyl (C=O) groups excluding carboxylic acids is 2. The molecule has 21 heavy (non-hydrogen) atoms. The molecule has 1 heterocycles. The topological polar surface area (TPSA) is 68.3 Å². The minimum atomic E-state index is -0.638. The first-order chi connectivity index (χ1) is 10.1. The molecular weight excluding hydrogens is 404 g/mol. The number of carbonyl (C=O) groups is 2. The fraction of sp³-hybridized carbons (Fsp3) is 0.0714. The second-order valence-corrected chi connectivity index (χ2v) is 5.73. The van der Waals surface area contributed by atoms with E-state index < -0.39 is 11.9 Å². The Morgan fingerprint density at radius 2 is 2.00 bits per heavy atom. The molecule has 0 unspecified atom stereocenters. The number of benzene rings is 1. The van der Waals surface area contributed by atoms with E-state index in [-0.39, 0.29) is 12.3 Å². The van der Waals surface area contributed by atoms with Crippen LogP contribution < -0.4 is 5.32 Å². The van der Waals surface area contributed by atoms with Crippen LogP contribution in [0.1, 0.15) is 10.5 Å². The highest BCUT2D eigenvalue weighted by Gasteiger charge is 2.12. The van der Waals surface area contributed by atoms with Crippen LogP contribution in [-0.2, 0) is 9.53 Å². The minimum absolute atomic E-state index is 0.162. The van der Waals surface area contributed by atoms with Gasteiger partial charge in [0.2, 0.25) is 0 Å². The molecule has 0 aliphatic heterocycles. The average molecular weight is 414 g/mol. The lowest BCUT2D eigenvalue weighted by Gasteiger charge is -2.08. The van der Waals surface area contributed by atoms with Crippen LogP contribution in [0.2, 0.25) is 0 Å². The summed E-state index contributed by atoms with van der Waals surface area (Å²) in [7, 11) is 0. The molecule has 108 valence electrons. The summed E-state index contributed by atoms with van der Waals surface area (Å²) in [4.78, 5) is 27.2. The molecule has 0 fully saturated rings. The molecule has 1 aromatic heterocycles. The Morgan fingerprint density at radius 1 is 1.19 bits per heavy atom. The molecule has 0 aliphatic carbocycles. The van der Waals surface area contributed by atoms with Crippen molar-refractivity contribution >= 4 is 49.4 Å². The maximum absolute atomic E-state index is 11.7. The van der Waals surface area contributed by atoms with Gasteiger partial charge in [0.05, 0.1) is 5.69 Å². The van der Waals surface area contributed by atoms with Crippen molar-refractivity contribution in [3.8, 4) is 0 Å². The predicted octanol–water partition coefficient (Wildman–Crippen LogP) is 3.40.